The molecule has 0 aromatic heterocycles. The van der Waals surface area contributed by atoms with E-state index < -0.39 is 48.2 Å². The summed E-state index contributed by atoms with van der Waals surface area (Å²) in [6.07, 6.45) is 2.58. The van der Waals surface area contributed by atoms with Gasteiger partial charge in [0.2, 0.25) is 0 Å². The number of fused-ring (bicyclic) bond motifs is 1. The number of rotatable bonds is 7. The lowest BCUT2D eigenvalue weighted by Gasteiger charge is -2.51. The standard InChI is InChI=1S/C33H58O4Si3/c1-18-32(11)23-21-25-24-26(35-38(12,13)29(2,3)4)28(36-39(14,15)30(5,6)7)33(25,22-19-20-27(32)34)37-40(16,17)31(8,9)10/h18,24,26-28,34H,1,22H2,2-17H3/t26-,27+,28+,32-,33?/m1/s1. The van der Waals surface area contributed by atoms with Crippen LogP contribution in [-0.2, 0) is 13.3 Å². The maximum Gasteiger partial charge on any atom is 0.193 e. The average Bonchev–Trinajstić information content (AvgIpc) is 3.01. The fourth-order valence-corrected chi connectivity index (χ4v) is 8.10. The minimum atomic E-state index is -2.36. The predicted octanol–water partition coefficient (Wildman–Crippen LogP) is 8.43. The lowest BCUT2D eigenvalue weighted by atomic mass is 9.85. The van der Waals surface area contributed by atoms with E-state index in [4.69, 9.17) is 13.3 Å². The highest BCUT2D eigenvalue weighted by atomic mass is 28.4. The second kappa shape index (κ2) is 11.0. The molecule has 0 saturated carbocycles. The molecule has 7 heteroatoms. The molecule has 2 aliphatic rings. The molecular weight excluding hydrogens is 545 g/mol. The maximum absolute atomic E-state index is 11.0. The second-order valence-corrected chi connectivity index (χ2v) is 30.8. The van der Waals surface area contributed by atoms with Crippen LogP contribution in [0.4, 0.5) is 0 Å². The fraction of sp³-hybridized carbons (Fsp3) is 0.758. The Labute approximate surface area is 250 Å². The van der Waals surface area contributed by atoms with Gasteiger partial charge in [-0.25, -0.2) is 0 Å². The van der Waals surface area contributed by atoms with Crippen LogP contribution in [0.25, 0.3) is 0 Å². The van der Waals surface area contributed by atoms with Crippen LogP contribution in [0.3, 0.4) is 0 Å². The molecule has 4 nitrogen and oxygen atoms in total. The van der Waals surface area contributed by atoms with Gasteiger partial charge in [0.25, 0.3) is 0 Å². The Morgan fingerprint density at radius 3 is 1.80 bits per heavy atom. The highest BCUT2D eigenvalue weighted by Crippen LogP contribution is 2.51. The van der Waals surface area contributed by atoms with Gasteiger partial charge in [-0.2, -0.15) is 0 Å². The Kier molecular flexibility index (Phi) is 9.68. The molecule has 0 radical (unpaired) electrons. The Morgan fingerprint density at radius 2 is 1.35 bits per heavy atom. The van der Waals surface area contributed by atoms with Crippen molar-refractivity contribution in [2.24, 2.45) is 5.41 Å². The normalized spacial score (nSPS) is 30.0. The first kappa shape index (κ1) is 35.3. The third-order valence-electron chi connectivity index (χ3n) is 10.3. The van der Waals surface area contributed by atoms with Crippen molar-refractivity contribution in [1.29, 1.82) is 0 Å². The Morgan fingerprint density at radius 1 is 0.875 bits per heavy atom. The van der Waals surface area contributed by atoms with Gasteiger partial charge in [-0.15, -0.1) is 6.58 Å². The van der Waals surface area contributed by atoms with Crippen LogP contribution in [0.2, 0.25) is 54.4 Å². The van der Waals surface area contributed by atoms with Crippen molar-refractivity contribution < 1.29 is 18.4 Å². The van der Waals surface area contributed by atoms with Gasteiger partial charge < -0.3 is 18.4 Å². The highest BCUT2D eigenvalue weighted by molar-refractivity contribution is 6.75. The van der Waals surface area contributed by atoms with Gasteiger partial charge in [0.15, 0.2) is 25.0 Å². The van der Waals surface area contributed by atoms with E-state index in [1.165, 1.54) is 0 Å². The third-order valence-corrected chi connectivity index (χ3v) is 23.7. The molecule has 226 valence electrons. The van der Waals surface area contributed by atoms with E-state index in [9.17, 15) is 5.11 Å². The summed E-state index contributed by atoms with van der Waals surface area (Å²) in [5.74, 6) is 13.3. The minimum Gasteiger partial charge on any atom is -0.408 e. The Balaban J connectivity index is 2.95. The molecule has 2 aliphatic carbocycles. The minimum absolute atomic E-state index is 0.0110. The van der Waals surface area contributed by atoms with E-state index in [1.807, 2.05) is 6.92 Å². The molecule has 1 N–H and O–H groups in total. The van der Waals surface area contributed by atoms with Crippen LogP contribution in [0.1, 0.15) is 75.7 Å². The molecule has 0 fully saturated rings. The van der Waals surface area contributed by atoms with Gasteiger partial charge in [-0.05, 0) is 67.4 Å². The molecule has 0 amide bonds. The predicted molar refractivity (Wildman–Crippen MR) is 178 cm³/mol. The van der Waals surface area contributed by atoms with E-state index in [0.29, 0.717) is 6.42 Å². The smallest absolute Gasteiger partial charge is 0.193 e. The summed E-state index contributed by atoms with van der Waals surface area (Å²) in [6.45, 7) is 39.9. The van der Waals surface area contributed by atoms with Crippen LogP contribution >= 0.6 is 0 Å². The largest absolute Gasteiger partial charge is 0.408 e. The van der Waals surface area contributed by atoms with Gasteiger partial charge >= 0.3 is 0 Å². The summed E-state index contributed by atoms with van der Waals surface area (Å²) in [6, 6.07) is 0. The quantitative estimate of drug-likeness (QED) is 0.180. The molecule has 5 atom stereocenters. The molecule has 1 unspecified atom stereocenters. The van der Waals surface area contributed by atoms with Gasteiger partial charge in [0.05, 0.1) is 11.5 Å². The summed E-state index contributed by atoms with van der Waals surface area (Å²) in [5, 5.41) is 11.0. The number of aliphatic hydroxyl groups is 1. The van der Waals surface area contributed by atoms with Crippen molar-refractivity contribution in [3.05, 3.63) is 24.3 Å². The molecule has 40 heavy (non-hydrogen) atoms. The molecule has 0 aromatic carbocycles. The summed E-state index contributed by atoms with van der Waals surface area (Å²) < 4.78 is 22.0. The zero-order valence-corrected chi connectivity index (χ0v) is 31.5. The Hall–Kier alpha value is -0.909. The first-order valence-electron chi connectivity index (χ1n) is 14.8. The monoisotopic (exact) mass is 602 g/mol. The Bertz CT molecular complexity index is 1130. The van der Waals surface area contributed by atoms with E-state index >= 15 is 0 Å². The SMILES string of the molecule is C=C[C@]1(C)C#CC2=C[C@@H](O[Si](C)(C)C(C)(C)C)[C@H](O[Si](C)(C)C(C)(C)C)C2(O[Si](C)(C)C(C)(C)C)CC#C[C@@H]1O. The molecular formula is C33H58O4Si3. The van der Waals surface area contributed by atoms with Crippen molar-refractivity contribution in [2.45, 2.75) is 154 Å². The lowest BCUT2D eigenvalue weighted by Crippen LogP contribution is -2.61. The van der Waals surface area contributed by atoms with E-state index in [0.717, 1.165) is 5.57 Å². The van der Waals surface area contributed by atoms with Gasteiger partial charge in [-0.3, -0.25) is 0 Å². The van der Waals surface area contributed by atoms with Crippen LogP contribution < -0.4 is 0 Å². The van der Waals surface area contributed by atoms with Gasteiger partial charge in [0.1, 0.15) is 17.8 Å². The molecule has 0 aliphatic heterocycles. The summed E-state index contributed by atoms with van der Waals surface area (Å²) in [4.78, 5) is 0. The third kappa shape index (κ3) is 6.83. The molecule has 0 heterocycles. The first-order valence-corrected chi connectivity index (χ1v) is 23.5. The van der Waals surface area contributed by atoms with Crippen LogP contribution in [0.15, 0.2) is 24.3 Å². The fourth-order valence-electron chi connectivity index (χ4n) is 4.04. The van der Waals surface area contributed by atoms with Crippen LogP contribution in [0.5, 0.6) is 0 Å². The number of hydrogen-bond acceptors (Lipinski definition) is 4. The van der Waals surface area contributed by atoms with Crippen molar-refractivity contribution in [2.75, 3.05) is 0 Å². The second-order valence-electron chi connectivity index (χ2n) is 16.6. The number of hydrogen-bond donors (Lipinski definition) is 1. The van der Waals surface area contributed by atoms with E-state index in [1.54, 1.807) is 6.08 Å². The summed E-state index contributed by atoms with van der Waals surface area (Å²) in [5.41, 5.74) is -0.909. The molecule has 0 spiro atoms. The highest BCUT2D eigenvalue weighted by Gasteiger charge is 2.59. The molecule has 0 bridgehead atoms. The van der Waals surface area contributed by atoms with Gasteiger partial charge in [0, 0.05) is 12.0 Å². The zero-order valence-electron chi connectivity index (χ0n) is 28.5. The summed E-state index contributed by atoms with van der Waals surface area (Å²) in [7, 11) is -6.85. The topological polar surface area (TPSA) is 47.9 Å². The first-order chi connectivity index (χ1) is 17.7. The van der Waals surface area contributed by atoms with Crippen molar-refractivity contribution in [3.63, 3.8) is 0 Å². The van der Waals surface area contributed by atoms with Crippen LogP contribution in [0, 0.1) is 29.1 Å². The lowest BCUT2D eigenvalue weighted by molar-refractivity contribution is -0.0526. The van der Waals surface area contributed by atoms with Crippen molar-refractivity contribution in [3.8, 4) is 23.7 Å². The molecule has 2 rings (SSSR count). The van der Waals surface area contributed by atoms with Crippen molar-refractivity contribution >= 4 is 25.0 Å². The molecule has 0 aromatic rings. The van der Waals surface area contributed by atoms with Crippen LogP contribution in [-0.4, -0.2) is 54.0 Å². The number of aliphatic hydroxyl groups excluding tert-OH is 1. The van der Waals surface area contributed by atoms with E-state index in [2.05, 4.69) is 138 Å². The molecule has 0 saturated heterocycles. The van der Waals surface area contributed by atoms with E-state index in [-0.39, 0.29) is 21.2 Å². The van der Waals surface area contributed by atoms with Crippen molar-refractivity contribution in [1.82, 2.24) is 0 Å². The zero-order chi connectivity index (χ0) is 31.4. The van der Waals surface area contributed by atoms with Gasteiger partial charge in [-0.1, -0.05) is 92.1 Å². The average molecular weight is 603 g/mol. The summed E-state index contributed by atoms with van der Waals surface area (Å²) >= 11 is 0. The maximum atomic E-state index is 11.0.